The minimum Gasteiger partial charge on any atom is -0.465 e. The lowest BCUT2D eigenvalue weighted by Crippen LogP contribution is -2.36. The van der Waals surface area contributed by atoms with E-state index in [-0.39, 0.29) is 11.9 Å². The fourth-order valence-corrected chi connectivity index (χ4v) is 2.76. The Morgan fingerprint density at radius 3 is 2.86 bits per heavy atom. The highest BCUT2D eigenvalue weighted by Gasteiger charge is 2.26. The maximum absolute atomic E-state index is 12.0. The number of hydrogen-bond acceptors (Lipinski definition) is 4. The van der Waals surface area contributed by atoms with Gasteiger partial charge in [-0.3, -0.25) is 14.8 Å². The minimum atomic E-state index is -0.139. The molecule has 3 heterocycles. The van der Waals surface area contributed by atoms with Gasteiger partial charge in [0.15, 0.2) is 0 Å². The SMILES string of the molecule is Cc1ccc(C(CNC(=O)c2ccn[nH]2)N2CCCC2)o1. The van der Waals surface area contributed by atoms with Crippen molar-refractivity contribution in [1.29, 1.82) is 0 Å². The fourth-order valence-electron chi connectivity index (χ4n) is 2.76. The lowest BCUT2D eigenvalue weighted by atomic mass is 10.2. The summed E-state index contributed by atoms with van der Waals surface area (Å²) in [5, 5.41) is 9.43. The molecule has 0 bridgehead atoms. The number of furan rings is 1. The van der Waals surface area contributed by atoms with Crippen molar-refractivity contribution in [2.45, 2.75) is 25.8 Å². The Morgan fingerprint density at radius 2 is 2.24 bits per heavy atom. The van der Waals surface area contributed by atoms with Crippen molar-refractivity contribution in [3.05, 3.63) is 41.6 Å². The van der Waals surface area contributed by atoms with Gasteiger partial charge < -0.3 is 9.73 Å². The maximum atomic E-state index is 12.0. The van der Waals surface area contributed by atoms with Gasteiger partial charge in [-0.15, -0.1) is 0 Å². The molecule has 112 valence electrons. The number of nitrogens with one attached hydrogen (secondary N) is 2. The van der Waals surface area contributed by atoms with Crippen molar-refractivity contribution in [1.82, 2.24) is 20.4 Å². The van der Waals surface area contributed by atoms with E-state index >= 15 is 0 Å². The standard InChI is InChI=1S/C15H20N4O2/c1-11-4-5-14(21-11)13(19-8-2-3-9-19)10-16-15(20)12-6-7-17-18-12/h4-7,13H,2-3,8-10H2,1H3,(H,16,20)(H,17,18). The second-order valence-corrected chi connectivity index (χ2v) is 5.39. The summed E-state index contributed by atoms with van der Waals surface area (Å²) >= 11 is 0. The lowest BCUT2D eigenvalue weighted by Gasteiger charge is -2.25. The van der Waals surface area contributed by atoms with Gasteiger partial charge in [0.25, 0.3) is 5.91 Å². The van der Waals surface area contributed by atoms with Crippen LogP contribution in [0.3, 0.4) is 0 Å². The molecule has 2 N–H and O–H groups in total. The number of hydrogen-bond donors (Lipinski definition) is 2. The average Bonchev–Trinajstić information content (AvgIpc) is 3.21. The fraction of sp³-hybridized carbons (Fsp3) is 0.467. The molecule has 1 aliphatic rings. The normalized spacial score (nSPS) is 17.0. The van der Waals surface area contributed by atoms with Crippen LogP contribution in [0.2, 0.25) is 0 Å². The molecule has 21 heavy (non-hydrogen) atoms. The molecule has 0 aliphatic carbocycles. The van der Waals surface area contributed by atoms with Gasteiger partial charge >= 0.3 is 0 Å². The number of likely N-dealkylation sites (tertiary alicyclic amines) is 1. The number of carbonyl (C=O) groups excluding carboxylic acids is 1. The Balaban J connectivity index is 1.69. The first kappa shape index (κ1) is 13.9. The van der Waals surface area contributed by atoms with Crippen molar-refractivity contribution in [2.75, 3.05) is 19.6 Å². The van der Waals surface area contributed by atoms with Gasteiger partial charge in [-0.2, -0.15) is 5.10 Å². The number of carbonyl (C=O) groups is 1. The van der Waals surface area contributed by atoms with E-state index in [4.69, 9.17) is 4.42 Å². The van der Waals surface area contributed by atoms with Gasteiger partial charge in [-0.25, -0.2) is 0 Å². The van der Waals surface area contributed by atoms with Crippen LogP contribution in [-0.2, 0) is 0 Å². The molecule has 2 aromatic heterocycles. The third-order valence-corrected chi connectivity index (χ3v) is 3.87. The first-order valence-electron chi connectivity index (χ1n) is 7.32. The smallest absolute Gasteiger partial charge is 0.269 e. The Labute approximate surface area is 123 Å². The van der Waals surface area contributed by atoms with Crippen molar-refractivity contribution in [3.8, 4) is 0 Å². The third-order valence-electron chi connectivity index (χ3n) is 3.87. The highest BCUT2D eigenvalue weighted by Crippen LogP contribution is 2.26. The molecule has 6 heteroatoms. The van der Waals surface area contributed by atoms with Crippen LogP contribution in [0.1, 0.15) is 40.9 Å². The molecule has 1 saturated heterocycles. The zero-order valence-electron chi connectivity index (χ0n) is 12.1. The molecule has 1 unspecified atom stereocenters. The molecule has 1 fully saturated rings. The quantitative estimate of drug-likeness (QED) is 0.881. The van der Waals surface area contributed by atoms with Crippen molar-refractivity contribution in [2.24, 2.45) is 0 Å². The molecule has 0 radical (unpaired) electrons. The van der Waals surface area contributed by atoms with Crippen LogP contribution in [0.25, 0.3) is 0 Å². The second kappa shape index (κ2) is 6.13. The van der Waals surface area contributed by atoms with E-state index in [2.05, 4.69) is 20.4 Å². The predicted molar refractivity (Wildman–Crippen MR) is 77.9 cm³/mol. The summed E-state index contributed by atoms with van der Waals surface area (Å²) in [5.41, 5.74) is 0.478. The van der Waals surface area contributed by atoms with Crippen LogP contribution < -0.4 is 5.32 Å². The first-order valence-corrected chi connectivity index (χ1v) is 7.32. The summed E-state index contributed by atoms with van der Waals surface area (Å²) in [4.78, 5) is 14.4. The minimum absolute atomic E-state index is 0.0908. The average molecular weight is 288 g/mol. The van der Waals surface area contributed by atoms with Crippen molar-refractivity contribution in [3.63, 3.8) is 0 Å². The van der Waals surface area contributed by atoms with Gasteiger partial charge in [-0.05, 0) is 51.1 Å². The maximum Gasteiger partial charge on any atom is 0.269 e. The first-order chi connectivity index (χ1) is 10.2. The van der Waals surface area contributed by atoms with Crippen LogP contribution in [0, 0.1) is 6.92 Å². The summed E-state index contributed by atoms with van der Waals surface area (Å²) < 4.78 is 5.77. The number of nitrogens with zero attached hydrogens (tertiary/aromatic N) is 2. The Morgan fingerprint density at radius 1 is 1.43 bits per heavy atom. The van der Waals surface area contributed by atoms with Crippen LogP contribution in [0.5, 0.6) is 0 Å². The summed E-state index contributed by atoms with van der Waals surface area (Å²) in [5.74, 6) is 1.67. The van der Waals surface area contributed by atoms with Gasteiger partial charge in [0.2, 0.25) is 0 Å². The van der Waals surface area contributed by atoms with E-state index in [0.717, 1.165) is 24.6 Å². The van der Waals surface area contributed by atoms with E-state index in [1.165, 1.54) is 12.8 Å². The summed E-state index contributed by atoms with van der Waals surface area (Å²) in [7, 11) is 0. The Kier molecular flexibility index (Phi) is 4.06. The topological polar surface area (TPSA) is 74.2 Å². The van der Waals surface area contributed by atoms with Gasteiger partial charge in [0.1, 0.15) is 17.2 Å². The third kappa shape index (κ3) is 3.16. The van der Waals surface area contributed by atoms with Crippen LogP contribution in [0.4, 0.5) is 0 Å². The number of aromatic nitrogens is 2. The number of rotatable bonds is 5. The largest absolute Gasteiger partial charge is 0.465 e. The van der Waals surface area contributed by atoms with Crippen LogP contribution in [-0.4, -0.2) is 40.6 Å². The van der Waals surface area contributed by atoms with E-state index in [1.807, 2.05) is 19.1 Å². The molecule has 1 amide bonds. The molecule has 1 aliphatic heterocycles. The molecule has 3 rings (SSSR count). The van der Waals surface area contributed by atoms with Gasteiger partial charge in [0, 0.05) is 12.7 Å². The Hall–Kier alpha value is -2.08. The summed E-state index contributed by atoms with van der Waals surface area (Å²) in [6.07, 6.45) is 3.97. The second-order valence-electron chi connectivity index (χ2n) is 5.39. The summed E-state index contributed by atoms with van der Waals surface area (Å²) in [6, 6.07) is 5.72. The molecular weight excluding hydrogens is 268 g/mol. The molecule has 6 nitrogen and oxygen atoms in total. The zero-order chi connectivity index (χ0) is 14.7. The summed E-state index contributed by atoms with van der Waals surface area (Å²) in [6.45, 7) is 4.56. The molecule has 1 atom stereocenters. The van der Waals surface area contributed by atoms with Gasteiger partial charge in [-0.1, -0.05) is 0 Å². The number of H-pyrrole nitrogens is 1. The zero-order valence-corrected chi connectivity index (χ0v) is 12.1. The number of aromatic amines is 1. The number of aryl methyl sites for hydroxylation is 1. The van der Waals surface area contributed by atoms with Crippen molar-refractivity contribution >= 4 is 5.91 Å². The Bertz CT molecular complexity index is 585. The molecule has 0 saturated carbocycles. The predicted octanol–water partition coefficient (Wildman–Crippen LogP) is 1.88. The molecule has 0 aromatic carbocycles. The molecule has 0 spiro atoms. The van der Waals surface area contributed by atoms with Crippen LogP contribution >= 0.6 is 0 Å². The molecular formula is C15H20N4O2. The van der Waals surface area contributed by atoms with Crippen LogP contribution in [0.15, 0.2) is 28.8 Å². The number of amides is 1. The van der Waals surface area contributed by atoms with E-state index < -0.39 is 0 Å². The van der Waals surface area contributed by atoms with E-state index in [9.17, 15) is 4.79 Å². The molecule has 2 aromatic rings. The van der Waals surface area contributed by atoms with E-state index in [1.54, 1.807) is 12.3 Å². The van der Waals surface area contributed by atoms with E-state index in [0.29, 0.717) is 12.2 Å². The van der Waals surface area contributed by atoms with Crippen molar-refractivity contribution < 1.29 is 9.21 Å². The lowest BCUT2D eigenvalue weighted by molar-refractivity contribution is 0.0928. The highest BCUT2D eigenvalue weighted by molar-refractivity contribution is 5.92. The monoisotopic (exact) mass is 288 g/mol. The van der Waals surface area contributed by atoms with Gasteiger partial charge in [0.05, 0.1) is 6.04 Å². The highest BCUT2D eigenvalue weighted by atomic mass is 16.3.